The molecular formula is C17H18Cl2N2O. The smallest absolute Gasteiger partial charge is 0.238 e. The van der Waals surface area contributed by atoms with Crippen LogP contribution in [0.15, 0.2) is 42.5 Å². The molecule has 0 aliphatic heterocycles. The van der Waals surface area contributed by atoms with Crippen LogP contribution in [-0.4, -0.2) is 24.4 Å². The number of anilines is 1. The van der Waals surface area contributed by atoms with Gasteiger partial charge in [-0.15, -0.1) is 0 Å². The second-order valence-electron chi connectivity index (χ2n) is 5.28. The van der Waals surface area contributed by atoms with Crippen LogP contribution in [0.2, 0.25) is 10.0 Å². The quantitative estimate of drug-likeness (QED) is 0.879. The van der Waals surface area contributed by atoms with E-state index in [0.717, 1.165) is 16.8 Å². The average Bonchev–Trinajstić information content (AvgIpc) is 2.45. The molecule has 0 fully saturated rings. The Kier molecular flexibility index (Phi) is 5.83. The van der Waals surface area contributed by atoms with E-state index in [9.17, 15) is 4.79 Å². The highest BCUT2D eigenvalue weighted by atomic mass is 35.5. The maximum Gasteiger partial charge on any atom is 0.238 e. The van der Waals surface area contributed by atoms with Gasteiger partial charge < -0.3 is 5.32 Å². The maximum absolute atomic E-state index is 12.1. The normalized spacial score (nSPS) is 10.8. The summed E-state index contributed by atoms with van der Waals surface area (Å²) < 4.78 is 0. The van der Waals surface area contributed by atoms with Crippen LogP contribution in [0.4, 0.5) is 5.69 Å². The molecule has 2 aromatic rings. The van der Waals surface area contributed by atoms with E-state index in [0.29, 0.717) is 23.1 Å². The third kappa shape index (κ3) is 4.73. The van der Waals surface area contributed by atoms with Crippen LogP contribution in [0.25, 0.3) is 0 Å². The van der Waals surface area contributed by atoms with Crippen LogP contribution in [0.5, 0.6) is 0 Å². The molecule has 0 saturated carbocycles. The van der Waals surface area contributed by atoms with Gasteiger partial charge in [-0.2, -0.15) is 0 Å². The Morgan fingerprint density at radius 3 is 2.55 bits per heavy atom. The molecule has 0 atom stereocenters. The number of carbonyl (C=O) groups is 1. The van der Waals surface area contributed by atoms with Crippen molar-refractivity contribution in [2.24, 2.45) is 0 Å². The molecule has 1 N–H and O–H groups in total. The topological polar surface area (TPSA) is 32.3 Å². The minimum absolute atomic E-state index is 0.0446. The fourth-order valence-electron chi connectivity index (χ4n) is 2.15. The van der Waals surface area contributed by atoms with E-state index in [4.69, 9.17) is 23.2 Å². The monoisotopic (exact) mass is 336 g/mol. The largest absolute Gasteiger partial charge is 0.325 e. The SMILES string of the molecule is Cc1ccccc1NC(=O)CN(C)Cc1ccc(Cl)c(Cl)c1. The zero-order chi connectivity index (χ0) is 16.1. The molecule has 5 heteroatoms. The summed E-state index contributed by atoms with van der Waals surface area (Å²) in [4.78, 5) is 14.0. The number of para-hydroxylation sites is 1. The van der Waals surface area contributed by atoms with Crippen LogP contribution in [0.1, 0.15) is 11.1 Å². The van der Waals surface area contributed by atoms with Gasteiger partial charge in [-0.1, -0.05) is 47.5 Å². The Bertz CT molecular complexity index is 673. The average molecular weight is 337 g/mol. The van der Waals surface area contributed by atoms with Crippen molar-refractivity contribution in [2.45, 2.75) is 13.5 Å². The molecule has 2 aromatic carbocycles. The number of aryl methyl sites for hydroxylation is 1. The van der Waals surface area contributed by atoms with Gasteiger partial charge in [-0.25, -0.2) is 0 Å². The number of nitrogens with zero attached hydrogens (tertiary/aromatic N) is 1. The second kappa shape index (κ2) is 7.63. The van der Waals surface area contributed by atoms with Crippen LogP contribution in [0, 0.1) is 6.92 Å². The minimum Gasteiger partial charge on any atom is -0.325 e. The van der Waals surface area contributed by atoms with Gasteiger partial charge in [0.15, 0.2) is 0 Å². The standard InChI is InChI=1S/C17H18Cl2N2O/c1-12-5-3-4-6-16(12)20-17(22)11-21(2)10-13-7-8-14(18)15(19)9-13/h3-9H,10-11H2,1-2H3,(H,20,22). The van der Waals surface area contributed by atoms with Crippen molar-refractivity contribution >= 4 is 34.8 Å². The third-order valence-corrected chi connectivity index (χ3v) is 4.01. The summed E-state index contributed by atoms with van der Waals surface area (Å²) in [6, 6.07) is 13.2. The molecule has 3 nitrogen and oxygen atoms in total. The van der Waals surface area contributed by atoms with E-state index >= 15 is 0 Å². The molecule has 22 heavy (non-hydrogen) atoms. The zero-order valence-electron chi connectivity index (χ0n) is 12.6. The number of rotatable bonds is 5. The van der Waals surface area contributed by atoms with Gasteiger partial charge in [0.05, 0.1) is 16.6 Å². The maximum atomic E-state index is 12.1. The zero-order valence-corrected chi connectivity index (χ0v) is 14.1. The van der Waals surface area contributed by atoms with Gasteiger partial charge in [0.1, 0.15) is 0 Å². The molecule has 1 amide bonds. The summed E-state index contributed by atoms with van der Waals surface area (Å²) >= 11 is 11.9. The number of hydrogen-bond acceptors (Lipinski definition) is 2. The number of likely N-dealkylation sites (N-methyl/N-ethyl adjacent to an activating group) is 1. The summed E-state index contributed by atoms with van der Waals surface area (Å²) in [7, 11) is 1.89. The van der Waals surface area contributed by atoms with Crippen LogP contribution >= 0.6 is 23.2 Å². The number of carbonyl (C=O) groups excluding carboxylic acids is 1. The summed E-state index contributed by atoms with van der Waals surface area (Å²) in [6.45, 7) is 2.89. The molecular weight excluding hydrogens is 319 g/mol. The lowest BCUT2D eigenvalue weighted by molar-refractivity contribution is -0.117. The van der Waals surface area contributed by atoms with E-state index in [-0.39, 0.29) is 5.91 Å². The second-order valence-corrected chi connectivity index (χ2v) is 6.10. The van der Waals surface area contributed by atoms with Gasteiger partial charge in [-0.05, 0) is 43.3 Å². The molecule has 0 saturated heterocycles. The van der Waals surface area contributed by atoms with Gasteiger partial charge in [0.2, 0.25) is 5.91 Å². The molecule has 0 bridgehead atoms. The lowest BCUT2D eigenvalue weighted by atomic mass is 10.2. The van der Waals surface area contributed by atoms with Crippen molar-refractivity contribution in [2.75, 3.05) is 18.9 Å². The van der Waals surface area contributed by atoms with E-state index in [1.165, 1.54) is 0 Å². The summed E-state index contributed by atoms with van der Waals surface area (Å²) in [6.07, 6.45) is 0. The van der Waals surface area contributed by atoms with Crippen molar-refractivity contribution < 1.29 is 4.79 Å². The Balaban J connectivity index is 1.91. The fraction of sp³-hybridized carbons (Fsp3) is 0.235. The first-order valence-corrected chi connectivity index (χ1v) is 7.69. The van der Waals surface area contributed by atoms with Crippen molar-refractivity contribution in [1.82, 2.24) is 4.90 Å². The summed E-state index contributed by atoms with van der Waals surface area (Å²) in [5, 5.41) is 3.98. The number of nitrogens with one attached hydrogen (secondary N) is 1. The van der Waals surface area contributed by atoms with Crippen molar-refractivity contribution in [3.8, 4) is 0 Å². The first kappa shape index (κ1) is 16.8. The lowest BCUT2D eigenvalue weighted by Gasteiger charge is -2.17. The van der Waals surface area contributed by atoms with Crippen LogP contribution < -0.4 is 5.32 Å². The van der Waals surface area contributed by atoms with E-state index < -0.39 is 0 Å². The fourth-order valence-corrected chi connectivity index (χ4v) is 2.47. The molecule has 0 radical (unpaired) electrons. The summed E-state index contributed by atoms with van der Waals surface area (Å²) in [5.74, 6) is -0.0446. The van der Waals surface area contributed by atoms with Crippen LogP contribution in [-0.2, 0) is 11.3 Å². The van der Waals surface area contributed by atoms with Gasteiger partial charge in [-0.3, -0.25) is 9.69 Å². The first-order chi connectivity index (χ1) is 10.5. The van der Waals surface area contributed by atoms with E-state index in [2.05, 4.69) is 5.32 Å². The van der Waals surface area contributed by atoms with Gasteiger partial charge in [0.25, 0.3) is 0 Å². The van der Waals surface area contributed by atoms with Crippen molar-refractivity contribution in [1.29, 1.82) is 0 Å². The Morgan fingerprint density at radius 2 is 1.86 bits per heavy atom. The molecule has 0 aliphatic carbocycles. The molecule has 116 valence electrons. The van der Waals surface area contributed by atoms with E-state index in [1.807, 2.05) is 55.3 Å². The molecule has 0 spiro atoms. The minimum atomic E-state index is -0.0446. The highest BCUT2D eigenvalue weighted by Crippen LogP contribution is 2.23. The third-order valence-electron chi connectivity index (χ3n) is 3.27. The molecule has 0 unspecified atom stereocenters. The molecule has 0 aromatic heterocycles. The number of hydrogen-bond donors (Lipinski definition) is 1. The molecule has 0 aliphatic rings. The van der Waals surface area contributed by atoms with Crippen LogP contribution in [0.3, 0.4) is 0 Å². The van der Waals surface area contributed by atoms with Crippen molar-refractivity contribution in [3.05, 3.63) is 63.6 Å². The predicted molar refractivity (Wildman–Crippen MR) is 92.6 cm³/mol. The predicted octanol–water partition coefficient (Wildman–Crippen LogP) is 4.37. The Morgan fingerprint density at radius 1 is 1.14 bits per heavy atom. The highest BCUT2D eigenvalue weighted by Gasteiger charge is 2.09. The molecule has 0 heterocycles. The number of halogens is 2. The van der Waals surface area contributed by atoms with Crippen molar-refractivity contribution in [3.63, 3.8) is 0 Å². The number of benzene rings is 2. The Labute approximate surface area is 140 Å². The van der Waals surface area contributed by atoms with Gasteiger partial charge in [0, 0.05) is 12.2 Å². The molecule has 2 rings (SSSR count). The first-order valence-electron chi connectivity index (χ1n) is 6.93. The number of amides is 1. The van der Waals surface area contributed by atoms with Gasteiger partial charge >= 0.3 is 0 Å². The highest BCUT2D eigenvalue weighted by molar-refractivity contribution is 6.42. The van der Waals surface area contributed by atoms with E-state index in [1.54, 1.807) is 6.07 Å². The summed E-state index contributed by atoms with van der Waals surface area (Å²) in [5.41, 5.74) is 2.90. The Hall–Kier alpha value is -1.55. The lowest BCUT2D eigenvalue weighted by Crippen LogP contribution is -2.30.